The van der Waals surface area contributed by atoms with Crippen molar-refractivity contribution in [3.8, 4) is 0 Å². The highest BCUT2D eigenvalue weighted by atomic mass is 16.2. The molecule has 2 aromatic carbocycles. The van der Waals surface area contributed by atoms with Crippen LogP contribution >= 0.6 is 0 Å². The number of carbonyl (C=O) groups excluding carboxylic acids is 1. The minimum absolute atomic E-state index is 0.289. The van der Waals surface area contributed by atoms with Gasteiger partial charge >= 0.3 is 6.03 Å². The van der Waals surface area contributed by atoms with Gasteiger partial charge in [0.25, 0.3) is 0 Å². The Morgan fingerprint density at radius 2 is 1.36 bits per heavy atom. The largest absolute Gasteiger partial charge is 0.357 e. The molecule has 0 aliphatic heterocycles. The lowest BCUT2D eigenvalue weighted by molar-refractivity contribution is 0.244. The maximum atomic E-state index is 12.8. The average Bonchev–Trinajstić information content (AvgIpc) is 2.52. The van der Waals surface area contributed by atoms with Gasteiger partial charge < -0.3 is 0 Å². The Bertz CT molecular complexity index is 608. The Morgan fingerprint density at radius 3 is 1.82 bits per heavy atom. The molecule has 0 saturated carbocycles. The van der Waals surface area contributed by atoms with Gasteiger partial charge in [-0.3, -0.25) is 0 Å². The quantitative estimate of drug-likeness (QED) is 0.519. The average molecular weight is 298 g/mol. The number of rotatable bonds is 3. The van der Waals surface area contributed by atoms with Gasteiger partial charge in [-0.25, -0.2) is 26.1 Å². The number of benzene rings is 2. The fraction of sp³-hybridized carbons (Fsp3) is 0.235. The Kier molecular flexibility index (Phi) is 4.80. The van der Waals surface area contributed by atoms with E-state index in [1.165, 1.54) is 5.01 Å². The monoisotopic (exact) mass is 298 g/mol. The molecule has 22 heavy (non-hydrogen) atoms. The van der Waals surface area contributed by atoms with E-state index < -0.39 is 0 Å². The summed E-state index contributed by atoms with van der Waals surface area (Å²) in [6.45, 7) is 5.96. The van der Waals surface area contributed by atoms with Gasteiger partial charge in [0.15, 0.2) is 0 Å². The molecule has 5 heteroatoms. The third-order valence-electron chi connectivity index (χ3n) is 2.89. The second kappa shape index (κ2) is 6.60. The zero-order chi connectivity index (χ0) is 16.2. The third-order valence-corrected chi connectivity index (χ3v) is 2.89. The van der Waals surface area contributed by atoms with Crippen LogP contribution in [0.1, 0.15) is 20.8 Å². The van der Waals surface area contributed by atoms with Crippen LogP contribution < -0.4 is 21.3 Å². The van der Waals surface area contributed by atoms with Crippen molar-refractivity contribution in [2.75, 3.05) is 10.0 Å². The van der Waals surface area contributed by atoms with Gasteiger partial charge in [0.05, 0.1) is 11.4 Å². The number of hydrazine groups is 2. The molecule has 0 fully saturated rings. The van der Waals surface area contributed by atoms with Crippen molar-refractivity contribution in [1.82, 2.24) is 5.43 Å². The predicted molar refractivity (Wildman–Crippen MR) is 90.3 cm³/mol. The summed E-state index contributed by atoms with van der Waals surface area (Å²) in [5.41, 5.74) is 4.26. The van der Waals surface area contributed by atoms with Crippen LogP contribution in [0.25, 0.3) is 0 Å². The van der Waals surface area contributed by atoms with E-state index in [2.05, 4.69) is 5.43 Å². The van der Waals surface area contributed by atoms with Gasteiger partial charge in [0.1, 0.15) is 0 Å². The zero-order valence-electron chi connectivity index (χ0n) is 13.2. The van der Waals surface area contributed by atoms with E-state index in [9.17, 15) is 4.79 Å². The standard InChI is InChI=1S/C17H22N4O/c1-17(2,3)19-21(15-12-8-5-9-13-15)16(22)20(18)14-10-6-4-7-11-14/h4-13,19H,18H2,1-3H3. The molecule has 0 heterocycles. The SMILES string of the molecule is CC(C)(C)NN(C(=O)N(N)c1ccccc1)c1ccccc1. The number of amides is 2. The number of carbonyl (C=O) groups is 1. The van der Waals surface area contributed by atoms with Gasteiger partial charge in [0, 0.05) is 5.54 Å². The summed E-state index contributed by atoms with van der Waals surface area (Å²) in [7, 11) is 0. The summed E-state index contributed by atoms with van der Waals surface area (Å²) in [6, 6.07) is 18.2. The first kappa shape index (κ1) is 16.0. The molecule has 0 bridgehead atoms. The number of urea groups is 1. The highest BCUT2D eigenvalue weighted by Crippen LogP contribution is 2.18. The molecule has 2 rings (SSSR count). The normalized spacial score (nSPS) is 11.1. The van der Waals surface area contributed by atoms with Crippen LogP contribution in [0.4, 0.5) is 16.2 Å². The predicted octanol–water partition coefficient (Wildman–Crippen LogP) is 3.30. The lowest BCUT2D eigenvalue weighted by Gasteiger charge is -2.34. The van der Waals surface area contributed by atoms with E-state index in [0.717, 1.165) is 10.7 Å². The van der Waals surface area contributed by atoms with Crippen LogP contribution in [0, 0.1) is 0 Å². The van der Waals surface area contributed by atoms with E-state index >= 15 is 0 Å². The van der Waals surface area contributed by atoms with Crippen molar-refractivity contribution < 1.29 is 4.79 Å². The van der Waals surface area contributed by atoms with Crippen molar-refractivity contribution in [3.05, 3.63) is 60.7 Å². The number of hydrogen-bond donors (Lipinski definition) is 2. The van der Waals surface area contributed by atoms with E-state index in [0.29, 0.717) is 5.69 Å². The first-order valence-corrected chi connectivity index (χ1v) is 7.15. The molecule has 116 valence electrons. The molecule has 2 aromatic rings. The van der Waals surface area contributed by atoms with Crippen molar-refractivity contribution in [1.29, 1.82) is 0 Å². The molecule has 0 saturated heterocycles. The summed E-state index contributed by atoms with van der Waals surface area (Å²) in [5, 5.41) is 2.60. The van der Waals surface area contributed by atoms with Crippen molar-refractivity contribution >= 4 is 17.4 Å². The summed E-state index contributed by atoms with van der Waals surface area (Å²) < 4.78 is 0. The lowest BCUT2D eigenvalue weighted by Crippen LogP contribution is -2.58. The number of nitrogens with zero attached hydrogens (tertiary/aromatic N) is 2. The molecular formula is C17H22N4O. The maximum Gasteiger partial charge on any atom is 0.357 e. The summed E-state index contributed by atoms with van der Waals surface area (Å²) in [5.74, 6) is 6.00. The van der Waals surface area contributed by atoms with E-state index in [-0.39, 0.29) is 11.6 Å². The number of nitrogens with one attached hydrogen (secondary N) is 1. The zero-order valence-corrected chi connectivity index (χ0v) is 13.2. The minimum atomic E-state index is -0.354. The summed E-state index contributed by atoms with van der Waals surface area (Å²) in [4.78, 5) is 12.8. The molecule has 5 nitrogen and oxygen atoms in total. The Labute approximate surface area is 131 Å². The van der Waals surface area contributed by atoms with Gasteiger partial charge in [-0.15, -0.1) is 0 Å². The second-order valence-corrected chi connectivity index (χ2v) is 6.02. The van der Waals surface area contributed by atoms with Crippen molar-refractivity contribution in [2.24, 2.45) is 5.84 Å². The highest BCUT2D eigenvalue weighted by molar-refractivity contribution is 6.02. The first-order valence-electron chi connectivity index (χ1n) is 7.15. The third kappa shape index (κ3) is 4.07. The Morgan fingerprint density at radius 1 is 0.909 bits per heavy atom. The molecule has 2 amide bonds. The van der Waals surface area contributed by atoms with Crippen LogP contribution in [0.3, 0.4) is 0 Å². The summed E-state index contributed by atoms with van der Waals surface area (Å²) >= 11 is 0. The molecule has 0 radical (unpaired) electrons. The van der Waals surface area contributed by atoms with E-state index in [1.807, 2.05) is 69.3 Å². The number of anilines is 2. The first-order chi connectivity index (χ1) is 10.4. The second-order valence-electron chi connectivity index (χ2n) is 6.02. The molecule has 3 N–H and O–H groups in total. The van der Waals surface area contributed by atoms with Gasteiger partial charge in [-0.05, 0) is 45.0 Å². The fourth-order valence-corrected chi connectivity index (χ4v) is 1.94. The van der Waals surface area contributed by atoms with Crippen LogP contribution in [-0.2, 0) is 0 Å². The molecule has 0 unspecified atom stereocenters. The molecular weight excluding hydrogens is 276 g/mol. The van der Waals surface area contributed by atoms with E-state index in [4.69, 9.17) is 5.84 Å². The summed E-state index contributed by atoms with van der Waals surface area (Å²) in [6.07, 6.45) is 0. The van der Waals surface area contributed by atoms with Gasteiger partial charge in [0.2, 0.25) is 0 Å². The van der Waals surface area contributed by atoms with Crippen molar-refractivity contribution in [3.63, 3.8) is 0 Å². The Balaban J connectivity index is 2.30. The molecule has 0 aliphatic carbocycles. The molecule has 0 aromatic heterocycles. The van der Waals surface area contributed by atoms with Crippen LogP contribution in [0.5, 0.6) is 0 Å². The van der Waals surface area contributed by atoms with Crippen molar-refractivity contribution in [2.45, 2.75) is 26.3 Å². The van der Waals surface area contributed by atoms with Crippen LogP contribution in [-0.4, -0.2) is 11.6 Å². The van der Waals surface area contributed by atoms with Crippen LogP contribution in [0.2, 0.25) is 0 Å². The Hall–Kier alpha value is -2.37. The minimum Gasteiger partial charge on any atom is -0.245 e. The van der Waals surface area contributed by atoms with Gasteiger partial charge in [-0.1, -0.05) is 36.4 Å². The molecule has 0 atom stereocenters. The lowest BCUT2D eigenvalue weighted by atomic mass is 10.1. The highest BCUT2D eigenvalue weighted by Gasteiger charge is 2.25. The fourth-order valence-electron chi connectivity index (χ4n) is 1.94. The topological polar surface area (TPSA) is 61.6 Å². The maximum absolute atomic E-state index is 12.8. The smallest absolute Gasteiger partial charge is 0.245 e. The number of hydrogen-bond acceptors (Lipinski definition) is 3. The van der Waals surface area contributed by atoms with Crippen LogP contribution in [0.15, 0.2) is 60.7 Å². The number of para-hydroxylation sites is 2. The van der Waals surface area contributed by atoms with E-state index in [1.54, 1.807) is 12.1 Å². The number of nitrogens with two attached hydrogens (primary N) is 1. The molecule has 0 aliphatic rings. The molecule has 0 spiro atoms. The van der Waals surface area contributed by atoms with Gasteiger partial charge in [-0.2, -0.15) is 0 Å².